The van der Waals surface area contributed by atoms with Crippen molar-refractivity contribution in [2.24, 2.45) is 0 Å². The van der Waals surface area contributed by atoms with E-state index in [1.54, 1.807) is 6.20 Å². The van der Waals surface area contributed by atoms with Crippen LogP contribution in [0.1, 0.15) is 25.5 Å². The zero-order chi connectivity index (χ0) is 12.4. The fourth-order valence-corrected chi connectivity index (χ4v) is 2.22. The first-order chi connectivity index (χ1) is 8.11. The fraction of sp³-hybridized carbons (Fsp3) is 0.600. The summed E-state index contributed by atoms with van der Waals surface area (Å²) in [5.74, 6) is 0.177. The molecule has 1 saturated heterocycles. The number of hydrogen-bond donors (Lipinski definition) is 2. The number of hydrogen-bond acceptors (Lipinski definition) is 5. The number of aliphatic hydroxyl groups is 1. The number of ether oxygens (including phenoxy) is 1. The summed E-state index contributed by atoms with van der Waals surface area (Å²) in [5.41, 5.74) is 5.10. The molecule has 2 atom stereocenters. The third-order valence-electron chi connectivity index (χ3n) is 2.78. The monoisotopic (exact) mass is 303 g/mol. The molecule has 17 heavy (non-hydrogen) atoms. The molecule has 7 heteroatoms. The van der Waals surface area contributed by atoms with Crippen LogP contribution in [0.3, 0.4) is 0 Å². The van der Waals surface area contributed by atoms with Gasteiger partial charge in [0.05, 0.1) is 10.6 Å². The molecule has 1 aliphatic rings. The lowest BCUT2D eigenvalue weighted by atomic mass is 10.2. The first kappa shape index (κ1) is 12.5. The van der Waals surface area contributed by atoms with E-state index in [1.165, 1.54) is 4.57 Å². The molecular formula is C10H14BrN3O3. The second-order valence-electron chi connectivity index (χ2n) is 3.97. The number of aliphatic hydroxyl groups excluding tert-OH is 1. The molecule has 1 aromatic rings. The average molecular weight is 304 g/mol. The van der Waals surface area contributed by atoms with Gasteiger partial charge in [0.15, 0.2) is 0 Å². The Morgan fingerprint density at radius 3 is 3.12 bits per heavy atom. The van der Waals surface area contributed by atoms with Crippen LogP contribution in [0.4, 0.5) is 5.82 Å². The molecule has 1 aromatic heterocycles. The molecule has 0 aromatic carbocycles. The summed E-state index contributed by atoms with van der Waals surface area (Å²) < 4.78 is 7.67. The molecule has 0 radical (unpaired) electrons. The number of anilines is 1. The van der Waals surface area contributed by atoms with Crippen molar-refractivity contribution in [3.05, 3.63) is 21.2 Å². The highest BCUT2D eigenvalue weighted by atomic mass is 79.9. The number of nitrogens with two attached hydrogens (primary N) is 1. The van der Waals surface area contributed by atoms with Gasteiger partial charge in [0, 0.05) is 12.8 Å². The maximum atomic E-state index is 11.7. The number of aromatic nitrogens is 2. The molecule has 0 amide bonds. The molecule has 0 saturated carbocycles. The van der Waals surface area contributed by atoms with Gasteiger partial charge in [-0.15, -0.1) is 0 Å². The van der Waals surface area contributed by atoms with Crippen molar-refractivity contribution < 1.29 is 9.84 Å². The summed E-state index contributed by atoms with van der Waals surface area (Å²) in [6.45, 7) is 0.0932. The first-order valence-corrected chi connectivity index (χ1v) is 6.21. The Hall–Kier alpha value is -0.920. The van der Waals surface area contributed by atoms with Gasteiger partial charge in [-0.3, -0.25) is 4.57 Å². The Bertz CT molecular complexity index is 463. The summed E-state index contributed by atoms with van der Waals surface area (Å²) in [7, 11) is 0. The van der Waals surface area contributed by atoms with Crippen LogP contribution in [0.25, 0.3) is 0 Å². The highest BCUT2D eigenvalue weighted by Gasteiger charge is 2.27. The molecule has 2 rings (SSSR count). The molecule has 6 nitrogen and oxygen atoms in total. The lowest BCUT2D eigenvalue weighted by Gasteiger charge is -2.15. The van der Waals surface area contributed by atoms with Crippen LogP contribution >= 0.6 is 15.9 Å². The van der Waals surface area contributed by atoms with Crippen LogP contribution in [-0.2, 0) is 4.74 Å². The Morgan fingerprint density at radius 2 is 2.41 bits per heavy atom. The van der Waals surface area contributed by atoms with Gasteiger partial charge >= 0.3 is 5.69 Å². The molecule has 0 aliphatic carbocycles. The standard InChI is InChI=1S/C10H14BrN3O3/c11-7-5-14(10(16)13-9(7)12)8-2-1-6(17-8)3-4-15/h5-6,8,15H,1-4H2,(H2,12,13,16)/t6-,8+/m0/s1. The second kappa shape index (κ2) is 5.16. The first-order valence-electron chi connectivity index (χ1n) is 5.42. The lowest BCUT2D eigenvalue weighted by Crippen LogP contribution is -2.28. The SMILES string of the molecule is Nc1nc(=O)n([C@H]2CC[C@@H](CCO)O2)cc1Br. The van der Waals surface area contributed by atoms with E-state index in [4.69, 9.17) is 15.6 Å². The molecule has 3 N–H and O–H groups in total. The van der Waals surface area contributed by atoms with Crippen molar-refractivity contribution in [3.63, 3.8) is 0 Å². The van der Waals surface area contributed by atoms with Crippen LogP contribution in [0.2, 0.25) is 0 Å². The molecule has 1 aliphatic heterocycles. The molecule has 1 fully saturated rings. The molecule has 0 spiro atoms. The van der Waals surface area contributed by atoms with E-state index in [2.05, 4.69) is 20.9 Å². The molecular weight excluding hydrogens is 290 g/mol. The van der Waals surface area contributed by atoms with E-state index in [9.17, 15) is 4.79 Å². The van der Waals surface area contributed by atoms with E-state index in [-0.39, 0.29) is 24.8 Å². The van der Waals surface area contributed by atoms with Gasteiger partial charge in [-0.25, -0.2) is 4.79 Å². The van der Waals surface area contributed by atoms with Crippen molar-refractivity contribution >= 4 is 21.7 Å². The Balaban J connectivity index is 2.19. The van der Waals surface area contributed by atoms with E-state index in [1.807, 2.05) is 0 Å². The Kier molecular flexibility index (Phi) is 3.80. The highest BCUT2D eigenvalue weighted by molar-refractivity contribution is 9.10. The van der Waals surface area contributed by atoms with Crippen molar-refractivity contribution in [3.8, 4) is 0 Å². The van der Waals surface area contributed by atoms with Crippen molar-refractivity contribution in [2.45, 2.75) is 31.6 Å². The Morgan fingerprint density at radius 1 is 1.65 bits per heavy atom. The Labute approximate surface area is 107 Å². The topological polar surface area (TPSA) is 90.4 Å². The number of nitrogens with zero attached hydrogens (tertiary/aromatic N) is 2. The third kappa shape index (κ3) is 2.67. The predicted molar refractivity (Wildman–Crippen MR) is 65.5 cm³/mol. The van der Waals surface area contributed by atoms with E-state index >= 15 is 0 Å². The summed E-state index contributed by atoms with van der Waals surface area (Å²) in [6, 6.07) is 0. The van der Waals surface area contributed by atoms with Crippen LogP contribution in [0.15, 0.2) is 15.5 Å². The van der Waals surface area contributed by atoms with E-state index < -0.39 is 5.69 Å². The molecule has 2 heterocycles. The van der Waals surface area contributed by atoms with Gasteiger partial charge in [0.25, 0.3) is 0 Å². The van der Waals surface area contributed by atoms with Gasteiger partial charge in [-0.2, -0.15) is 4.98 Å². The minimum atomic E-state index is -0.416. The predicted octanol–water partition coefficient (Wildman–Crippen LogP) is 0.648. The maximum Gasteiger partial charge on any atom is 0.351 e. The highest BCUT2D eigenvalue weighted by Crippen LogP contribution is 2.29. The maximum absolute atomic E-state index is 11.7. The van der Waals surface area contributed by atoms with Gasteiger partial charge < -0.3 is 15.6 Å². The smallest absolute Gasteiger partial charge is 0.351 e. The van der Waals surface area contributed by atoms with Crippen LogP contribution in [0, 0.1) is 0 Å². The minimum absolute atomic E-state index is 0.00762. The van der Waals surface area contributed by atoms with Crippen molar-refractivity contribution in [1.29, 1.82) is 0 Å². The van der Waals surface area contributed by atoms with Crippen LogP contribution in [-0.4, -0.2) is 27.4 Å². The molecule has 0 bridgehead atoms. The van der Waals surface area contributed by atoms with Crippen molar-refractivity contribution in [2.75, 3.05) is 12.3 Å². The molecule has 0 unspecified atom stereocenters. The van der Waals surface area contributed by atoms with Gasteiger partial charge in [0.1, 0.15) is 12.0 Å². The van der Waals surface area contributed by atoms with E-state index in [0.29, 0.717) is 10.9 Å². The lowest BCUT2D eigenvalue weighted by molar-refractivity contribution is -0.0102. The van der Waals surface area contributed by atoms with Crippen LogP contribution < -0.4 is 11.4 Å². The zero-order valence-electron chi connectivity index (χ0n) is 9.17. The van der Waals surface area contributed by atoms with Crippen LogP contribution in [0.5, 0.6) is 0 Å². The van der Waals surface area contributed by atoms with Gasteiger partial charge in [-0.05, 0) is 35.2 Å². The average Bonchev–Trinajstić information content (AvgIpc) is 2.72. The van der Waals surface area contributed by atoms with E-state index in [0.717, 1.165) is 12.8 Å². The zero-order valence-corrected chi connectivity index (χ0v) is 10.8. The van der Waals surface area contributed by atoms with Gasteiger partial charge in [0.2, 0.25) is 0 Å². The second-order valence-corrected chi connectivity index (χ2v) is 4.82. The third-order valence-corrected chi connectivity index (χ3v) is 3.39. The largest absolute Gasteiger partial charge is 0.396 e. The summed E-state index contributed by atoms with van der Waals surface area (Å²) in [5, 5.41) is 8.83. The number of rotatable bonds is 3. The normalized spacial score (nSPS) is 24.1. The van der Waals surface area contributed by atoms with Crippen molar-refractivity contribution in [1.82, 2.24) is 9.55 Å². The molecule has 94 valence electrons. The summed E-state index contributed by atoms with van der Waals surface area (Å²) in [4.78, 5) is 15.4. The minimum Gasteiger partial charge on any atom is -0.396 e. The summed E-state index contributed by atoms with van der Waals surface area (Å²) in [6.07, 6.45) is 3.45. The summed E-state index contributed by atoms with van der Waals surface area (Å²) >= 11 is 3.23. The number of halogens is 1. The number of nitrogen functional groups attached to an aromatic ring is 1. The quantitative estimate of drug-likeness (QED) is 0.855. The fourth-order valence-electron chi connectivity index (χ4n) is 1.91. The van der Waals surface area contributed by atoms with Gasteiger partial charge in [-0.1, -0.05) is 0 Å².